The van der Waals surface area contributed by atoms with Gasteiger partial charge in [0.1, 0.15) is 0 Å². The van der Waals surface area contributed by atoms with Crippen molar-refractivity contribution in [2.24, 2.45) is 11.8 Å². The predicted octanol–water partition coefficient (Wildman–Crippen LogP) is 5.04. The monoisotopic (exact) mass is 287 g/mol. The fraction of sp³-hybridized carbons (Fsp3) is 0.700. The van der Waals surface area contributed by atoms with Crippen LogP contribution in [0, 0.1) is 25.7 Å². The average molecular weight is 287 g/mol. The molecule has 0 radical (unpaired) electrons. The second-order valence-electron chi connectivity index (χ2n) is 7.05. The first-order chi connectivity index (χ1) is 10.1. The summed E-state index contributed by atoms with van der Waals surface area (Å²) in [5, 5.41) is 3.77. The van der Waals surface area contributed by atoms with Gasteiger partial charge in [0.25, 0.3) is 0 Å². The Bertz CT molecular complexity index is 409. The van der Waals surface area contributed by atoms with Crippen LogP contribution < -0.4 is 5.32 Å². The maximum absolute atomic E-state index is 3.77. The molecule has 1 atom stereocenters. The summed E-state index contributed by atoms with van der Waals surface area (Å²) in [5.74, 6) is 1.86. The Labute approximate surface area is 131 Å². The lowest BCUT2D eigenvalue weighted by Crippen LogP contribution is -2.39. The Morgan fingerprint density at radius 1 is 1.00 bits per heavy atom. The van der Waals surface area contributed by atoms with Gasteiger partial charge in [0.05, 0.1) is 0 Å². The van der Waals surface area contributed by atoms with Crippen molar-refractivity contribution in [2.45, 2.75) is 72.3 Å². The van der Waals surface area contributed by atoms with Crippen molar-refractivity contribution in [3.05, 3.63) is 34.9 Å². The Morgan fingerprint density at radius 3 is 2.14 bits per heavy atom. The molecule has 1 fully saturated rings. The molecule has 0 spiro atoms. The van der Waals surface area contributed by atoms with Crippen molar-refractivity contribution in [1.29, 1.82) is 0 Å². The van der Waals surface area contributed by atoms with E-state index in [1.165, 1.54) is 55.2 Å². The summed E-state index contributed by atoms with van der Waals surface area (Å²) in [6.45, 7) is 10.1. The van der Waals surface area contributed by atoms with Crippen LogP contribution in [-0.2, 0) is 6.42 Å². The van der Waals surface area contributed by atoms with Crippen LogP contribution in [0.4, 0.5) is 0 Å². The molecule has 1 N–H and O–H groups in total. The van der Waals surface area contributed by atoms with E-state index >= 15 is 0 Å². The molecule has 1 nitrogen and oxygen atoms in total. The quantitative estimate of drug-likeness (QED) is 0.773. The molecule has 21 heavy (non-hydrogen) atoms. The van der Waals surface area contributed by atoms with Crippen molar-refractivity contribution in [3.8, 4) is 0 Å². The van der Waals surface area contributed by atoms with E-state index in [0.717, 1.165) is 18.4 Å². The highest BCUT2D eigenvalue weighted by Crippen LogP contribution is 2.33. The van der Waals surface area contributed by atoms with E-state index in [2.05, 4.69) is 51.2 Å². The molecule has 1 aromatic rings. The fourth-order valence-corrected chi connectivity index (χ4v) is 4.11. The van der Waals surface area contributed by atoms with Gasteiger partial charge in [-0.15, -0.1) is 0 Å². The molecule has 0 aliphatic heterocycles. The number of likely N-dealkylation sites (N-methyl/N-ethyl adjacent to an activating group) is 1. The summed E-state index contributed by atoms with van der Waals surface area (Å²) in [5.41, 5.74) is 4.31. The number of benzene rings is 1. The number of rotatable bonds is 6. The van der Waals surface area contributed by atoms with Gasteiger partial charge in [0.15, 0.2) is 0 Å². The van der Waals surface area contributed by atoms with Crippen molar-refractivity contribution < 1.29 is 0 Å². The first kappa shape index (κ1) is 16.5. The molecular weight excluding hydrogens is 254 g/mol. The molecule has 0 bridgehead atoms. The molecular formula is C20H33N. The van der Waals surface area contributed by atoms with Crippen molar-refractivity contribution in [2.75, 3.05) is 6.54 Å². The van der Waals surface area contributed by atoms with E-state index in [1.54, 1.807) is 0 Å². The van der Waals surface area contributed by atoms with Gasteiger partial charge in [-0.25, -0.2) is 0 Å². The number of hydrogen-bond donors (Lipinski definition) is 1. The number of hydrogen-bond acceptors (Lipinski definition) is 1. The molecule has 0 aromatic heterocycles. The van der Waals surface area contributed by atoms with Crippen LogP contribution in [0.2, 0.25) is 0 Å². The van der Waals surface area contributed by atoms with Gasteiger partial charge in [-0.2, -0.15) is 0 Å². The summed E-state index contributed by atoms with van der Waals surface area (Å²) in [6, 6.07) is 7.68. The molecule has 0 heterocycles. The van der Waals surface area contributed by atoms with Crippen LogP contribution in [0.3, 0.4) is 0 Å². The highest BCUT2D eigenvalue weighted by molar-refractivity contribution is 5.29. The first-order valence-electron chi connectivity index (χ1n) is 8.92. The Balaban J connectivity index is 2.01. The van der Waals surface area contributed by atoms with Crippen LogP contribution in [0.25, 0.3) is 0 Å². The zero-order chi connectivity index (χ0) is 15.2. The van der Waals surface area contributed by atoms with Crippen molar-refractivity contribution in [3.63, 3.8) is 0 Å². The Morgan fingerprint density at radius 2 is 1.62 bits per heavy atom. The third kappa shape index (κ3) is 4.85. The fourth-order valence-electron chi connectivity index (χ4n) is 4.11. The zero-order valence-corrected chi connectivity index (χ0v) is 14.4. The molecule has 1 unspecified atom stereocenters. The highest BCUT2D eigenvalue weighted by atomic mass is 14.9. The maximum Gasteiger partial charge on any atom is 0.0136 e. The van der Waals surface area contributed by atoms with Gasteiger partial charge >= 0.3 is 0 Å². The summed E-state index contributed by atoms with van der Waals surface area (Å²) in [4.78, 5) is 0. The smallest absolute Gasteiger partial charge is 0.0136 e. The lowest BCUT2D eigenvalue weighted by Gasteiger charge is -2.34. The van der Waals surface area contributed by atoms with Crippen LogP contribution in [-0.4, -0.2) is 12.6 Å². The van der Waals surface area contributed by atoms with Crippen LogP contribution in [0.1, 0.15) is 62.6 Å². The lowest BCUT2D eigenvalue weighted by atomic mass is 9.76. The van der Waals surface area contributed by atoms with Gasteiger partial charge in [0.2, 0.25) is 0 Å². The van der Waals surface area contributed by atoms with E-state index in [-0.39, 0.29) is 0 Å². The molecule has 1 saturated carbocycles. The Kier molecular flexibility index (Phi) is 6.29. The van der Waals surface area contributed by atoms with Crippen molar-refractivity contribution >= 4 is 0 Å². The lowest BCUT2D eigenvalue weighted by molar-refractivity contribution is 0.218. The zero-order valence-electron chi connectivity index (χ0n) is 14.4. The molecule has 118 valence electrons. The minimum atomic E-state index is 0.661. The minimum Gasteiger partial charge on any atom is -0.314 e. The van der Waals surface area contributed by atoms with E-state index in [9.17, 15) is 0 Å². The minimum absolute atomic E-state index is 0.661. The summed E-state index contributed by atoms with van der Waals surface area (Å²) >= 11 is 0. The van der Waals surface area contributed by atoms with Crippen LogP contribution >= 0.6 is 0 Å². The molecule has 1 heteroatoms. The molecule has 1 aliphatic rings. The largest absolute Gasteiger partial charge is 0.314 e. The van der Waals surface area contributed by atoms with Gasteiger partial charge in [-0.05, 0) is 57.1 Å². The van der Waals surface area contributed by atoms with Gasteiger partial charge in [-0.3, -0.25) is 0 Å². The van der Waals surface area contributed by atoms with Crippen molar-refractivity contribution in [1.82, 2.24) is 5.32 Å². The van der Waals surface area contributed by atoms with Gasteiger partial charge in [0, 0.05) is 6.04 Å². The molecule has 0 amide bonds. The Hall–Kier alpha value is -0.820. The predicted molar refractivity (Wildman–Crippen MR) is 92.8 cm³/mol. The summed E-state index contributed by atoms with van der Waals surface area (Å²) < 4.78 is 0. The number of aryl methyl sites for hydroxylation is 2. The molecule has 2 rings (SSSR count). The summed E-state index contributed by atoms with van der Waals surface area (Å²) in [6.07, 6.45) is 8.28. The first-order valence-corrected chi connectivity index (χ1v) is 8.92. The van der Waals surface area contributed by atoms with Crippen LogP contribution in [0.15, 0.2) is 18.2 Å². The van der Waals surface area contributed by atoms with Crippen LogP contribution in [0.5, 0.6) is 0 Å². The second kappa shape index (κ2) is 7.98. The summed E-state index contributed by atoms with van der Waals surface area (Å²) in [7, 11) is 0. The number of nitrogens with one attached hydrogen (secondary N) is 1. The highest BCUT2D eigenvalue weighted by Gasteiger charge is 2.26. The molecule has 0 saturated heterocycles. The van der Waals surface area contributed by atoms with E-state index in [1.807, 2.05) is 0 Å². The third-order valence-electron chi connectivity index (χ3n) is 5.24. The second-order valence-corrected chi connectivity index (χ2v) is 7.05. The average Bonchev–Trinajstić information content (AvgIpc) is 2.46. The molecule has 1 aliphatic carbocycles. The van der Waals surface area contributed by atoms with E-state index in [4.69, 9.17) is 0 Å². The van der Waals surface area contributed by atoms with E-state index < -0.39 is 0 Å². The normalized spacial score (nSPS) is 24.0. The van der Waals surface area contributed by atoms with Gasteiger partial charge < -0.3 is 5.32 Å². The maximum atomic E-state index is 3.77. The SMILES string of the molecule is CCNC(Cc1cc(C)cc(C)c1)C1CCC(CC)CC1. The van der Waals surface area contributed by atoms with E-state index in [0.29, 0.717) is 6.04 Å². The van der Waals surface area contributed by atoms with Gasteiger partial charge in [-0.1, -0.05) is 62.4 Å². The topological polar surface area (TPSA) is 12.0 Å². The molecule has 1 aromatic carbocycles. The third-order valence-corrected chi connectivity index (χ3v) is 5.24. The standard InChI is InChI=1S/C20H33N/c1-5-17-7-9-19(10-8-17)20(21-6-2)14-18-12-15(3)11-16(4)13-18/h11-13,17,19-21H,5-10,14H2,1-4H3.